The van der Waals surface area contributed by atoms with Crippen molar-refractivity contribution >= 4 is 29.1 Å². The molecule has 1 aliphatic heterocycles. The molecule has 1 heterocycles. The first kappa shape index (κ1) is 18.0. The lowest BCUT2D eigenvalue weighted by molar-refractivity contribution is -0.138. The van der Waals surface area contributed by atoms with Crippen molar-refractivity contribution in [1.82, 2.24) is 4.90 Å². The fourth-order valence-corrected chi connectivity index (χ4v) is 4.52. The number of likely N-dealkylation sites (tertiary alicyclic amines) is 1. The van der Waals surface area contributed by atoms with Crippen molar-refractivity contribution in [3.63, 3.8) is 0 Å². The molecule has 0 spiro atoms. The van der Waals surface area contributed by atoms with Crippen molar-refractivity contribution in [3.8, 4) is 0 Å². The molecule has 5 heteroatoms. The van der Waals surface area contributed by atoms with E-state index < -0.39 is 5.41 Å². The van der Waals surface area contributed by atoms with Gasteiger partial charge in [-0.3, -0.25) is 4.79 Å². The molecule has 2 aliphatic rings. The van der Waals surface area contributed by atoms with Crippen molar-refractivity contribution in [2.75, 3.05) is 6.54 Å². The molecule has 0 radical (unpaired) electrons. The number of benzene rings is 1. The quantitative estimate of drug-likeness (QED) is 0.858. The second-order valence-corrected chi connectivity index (χ2v) is 8.38. The van der Waals surface area contributed by atoms with Crippen LogP contribution >= 0.6 is 23.2 Å². The Morgan fingerprint density at radius 2 is 1.92 bits per heavy atom. The molecular formula is C19H25Cl2NO2. The number of aliphatic hydroxyl groups is 1. The van der Waals surface area contributed by atoms with Gasteiger partial charge in [-0.05, 0) is 62.6 Å². The van der Waals surface area contributed by atoms with Gasteiger partial charge in [0.05, 0.1) is 11.5 Å². The molecular weight excluding hydrogens is 345 g/mol. The second-order valence-electron chi connectivity index (χ2n) is 7.59. The van der Waals surface area contributed by atoms with Gasteiger partial charge in [0, 0.05) is 22.6 Å². The molecule has 1 saturated heterocycles. The summed E-state index contributed by atoms with van der Waals surface area (Å²) in [6.07, 6.45) is 4.72. The summed E-state index contributed by atoms with van der Waals surface area (Å²) in [4.78, 5) is 15.1. The Morgan fingerprint density at radius 1 is 1.25 bits per heavy atom. The highest BCUT2D eigenvalue weighted by atomic mass is 35.5. The van der Waals surface area contributed by atoms with E-state index in [1.807, 2.05) is 30.9 Å². The molecule has 1 aliphatic carbocycles. The monoisotopic (exact) mass is 369 g/mol. The van der Waals surface area contributed by atoms with E-state index in [2.05, 4.69) is 0 Å². The number of hydrogen-bond donors (Lipinski definition) is 1. The first-order chi connectivity index (χ1) is 11.3. The van der Waals surface area contributed by atoms with Crippen molar-refractivity contribution in [2.45, 2.75) is 64.5 Å². The number of nitrogens with zero attached hydrogens (tertiary/aromatic N) is 1. The van der Waals surface area contributed by atoms with E-state index in [1.165, 1.54) is 0 Å². The smallest absolute Gasteiger partial charge is 0.229 e. The summed E-state index contributed by atoms with van der Waals surface area (Å²) in [5.74, 6) is 0.229. The van der Waals surface area contributed by atoms with Crippen LogP contribution in [0.5, 0.6) is 0 Å². The lowest BCUT2D eigenvalue weighted by Gasteiger charge is -2.34. The molecule has 0 bridgehead atoms. The minimum absolute atomic E-state index is 0.193. The fourth-order valence-electron chi connectivity index (χ4n) is 4.08. The average molecular weight is 370 g/mol. The highest BCUT2D eigenvalue weighted by Gasteiger charge is 2.45. The Morgan fingerprint density at radius 3 is 2.58 bits per heavy atom. The Kier molecular flexibility index (Phi) is 5.15. The van der Waals surface area contributed by atoms with Gasteiger partial charge in [-0.1, -0.05) is 36.2 Å². The van der Waals surface area contributed by atoms with Crippen molar-refractivity contribution in [1.29, 1.82) is 0 Å². The summed E-state index contributed by atoms with van der Waals surface area (Å²) in [6.45, 7) is 4.76. The van der Waals surface area contributed by atoms with E-state index in [0.29, 0.717) is 16.5 Å². The molecule has 132 valence electrons. The molecule has 3 nitrogen and oxygen atoms in total. The number of rotatable bonds is 3. The highest BCUT2D eigenvalue weighted by molar-refractivity contribution is 6.36. The molecule has 2 fully saturated rings. The Hall–Kier alpha value is -0.770. The zero-order valence-corrected chi connectivity index (χ0v) is 15.8. The maximum atomic E-state index is 13.1. The van der Waals surface area contributed by atoms with Crippen LogP contribution in [-0.2, 0) is 11.2 Å². The zero-order chi connectivity index (χ0) is 17.5. The normalized spacial score (nSPS) is 30.9. The van der Waals surface area contributed by atoms with E-state index in [0.717, 1.165) is 49.8 Å². The van der Waals surface area contributed by atoms with Crippen LogP contribution in [0.15, 0.2) is 12.1 Å². The van der Waals surface area contributed by atoms with Crippen LogP contribution in [-0.4, -0.2) is 34.6 Å². The largest absolute Gasteiger partial charge is 0.393 e. The van der Waals surface area contributed by atoms with Crippen LogP contribution in [0.3, 0.4) is 0 Å². The fraction of sp³-hybridized carbons (Fsp3) is 0.632. The third-order valence-electron chi connectivity index (χ3n) is 5.77. The number of carbonyl (C=O) groups excluding carboxylic acids is 1. The first-order valence-electron chi connectivity index (χ1n) is 8.74. The second kappa shape index (κ2) is 6.86. The van der Waals surface area contributed by atoms with Crippen LogP contribution in [0.4, 0.5) is 0 Å². The van der Waals surface area contributed by atoms with E-state index in [-0.39, 0.29) is 18.1 Å². The number of amides is 1. The summed E-state index contributed by atoms with van der Waals surface area (Å²) in [6, 6.07) is 4.09. The van der Waals surface area contributed by atoms with Crippen LogP contribution in [0.25, 0.3) is 0 Å². The van der Waals surface area contributed by atoms with Crippen molar-refractivity contribution in [3.05, 3.63) is 33.3 Å². The van der Waals surface area contributed by atoms with Gasteiger partial charge in [-0.25, -0.2) is 0 Å². The molecule has 3 rings (SSSR count). The van der Waals surface area contributed by atoms with Gasteiger partial charge in [0.1, 0.15) is 0 Å². The Labute approximate surface area is 153 Å². The summed E-state index contributed by atoms with van der Waals surface area (Å²) < 4.78 is 0. The number of carbonyl (C=O) groups is 1. The standard InChI is InChI=1S/C19H25Cl2NO2/c1-12-16(20)8-3-13(17(12)21)11-19(2)9-10-22(18(19)24)14-4-6-15(23)7-5-14/h3,8,14-15,23H,4-7,9-11H2,1-2H3. The van der Waals surface area contributed by atoms with Crippen molar-refractivity contribution < 1.29 is 9.90 Å². The zero-order valence-electron chi connectivity index (χ0n) is 14.3. The third kappa shape index (κ3) is 3.31. The summed E-state index contributed by atoms with van der Waals surface area (Å²) >= 11 is 12.6. The van der Waals surface area contributed by atoms with E-state index >= 15 is 0 Å². The minimum Gasteiger partial charge on any atom is -0.393 e. The van der Waals surface area contributed by atoms with Gasteiger partial charge in [-0.15, -0.1) is 0 Å². The topological polar surface area (TPSA) is 40.5 Å². The van der Waals surface area contributed by atoms with Crippen molar-refractivity contribution in [2.24, 2.45) is 5.41 Å². The van der Waals surface area contributed by atoms with Gasteiger partial charge in [-0.2, -0.15) is 0 Å². The molecule has 1 saturated carbocycles. The number of aliphatic hydroxyl groups excluding tert-OH is 1. The number of hydrogen-bond acceptors (Lipinski definition) is 2. The molecule has 1 unspecified atom stereocenters. The van der Waals surface area contributed by atoms with Gasteiger partial charge in [0.25, 0.3) is 0 Å². The van der Waals surface area contributed by atoms with E-state index in [1.54, 1.807) is 0 Å². The Bertz CT molecular complexity index is 640. The molecule has 1 aromatic carbocycles. The summed E-state index contributed by atoms with van der Waals surface area (Å²) in [5, 5.41) is 11.0. The maximum Gasteiger partial charge on any atom is 0.229 e. The van der Waals surface area contributed by atoms with Gasteiger partial charge < -0.3 is 10.0 Å². The summed E-state index contributed by atoms with van der Waals surface area (Å²) in [5.41, 5.74) is 1.47. The Balaban J connectivity index is 1.75. The van der Waals surface area contributed by atoms with E-state index in [4.69, 9.17) is 23.2 Å². The third-order valence-corrected chi connectivity index (χ3v) is 6.71. The van der Waals surface area contributed by atoms with E-state index in [9.17, 15) is 9.90 Å². The summed E-state index contributed by atoms with van der Waals surface area (Å²) in [7, 11) is 0. The van der Waals surface area contributed by atoms with Gasteiger partial charge >= 0.3 is 0 Å². The molecule has 1 amide bonds. The molecule has 1 atom stereocenters. The minimum atomic E-state index is -0.403. The predicted octanol–water partition coefficient (Wildman–Crippen LogP) is 4.39. The maximum absolute atomic E-state index is 13.1. The molecule has 0 aromatic heterocycles. The lowest BCUT2D eigenvalue weighted by Crippen LogP contribution is -2.43. The van der Waals surface area contributed by atoms with Crippen LogP contribution in [0.1, 0.15) is 50.2 Å². The highest BCUT2D eigenvalue weighted by Crippen LogP contribution is 2.40. The average Bonchev–Trinajstić information content (AvgIpc) is 2.85. The molecule has 1 aromatic rings. The van der Waals surface area contributed by atoms with Crippen LogP contribution in [0.2, 0.25) is 10.0 Å². The molecule has 1 N–H and O–H groups in total. The van der Waals surface area contributed by atoms with Gasteiger partial charge in [0.15, 0.2) is 0 Å². The first-order valence-corrected chi connectivity index (χ1v) is 9.50. The SMILES string of the molecule is Cc1c(Cl)ccc(CC2(C)CCN(C3CCC(O)CC3)C2=O)c1Cl. The lowest BCUT2D eigenvalue weighted by atomic mass is 9.81. The van der Waals surface area contributed by atoms with Gasteiger partial charge in [0.2, 0.25) is 5.91 Å². The predicted molar refractivity (Wildman–Crippen MR) is 97.6 cm³/mol. The van der Waals surface area contributed by atoms with Crippen LogP contribution < -0.4 is 0 Å². The van der Waals surface area contributed by atoms with Crippen LogP contribution in [0, 0.1) is 12.3 Å². The number of halogens is 2. The molecule has 24 heavy (non-hydrogen) atoms.